The van der Waals surface area contributed by atoms with Crippen molar-refractivity contribution in [3.05, 3.63) is 28.8 Å². The van der Waals surface area contributed by atoms with E-state index in [1.807, 2.05) is 11.8 Å². The van der Waals surface area contributed by atoms with Gasteiger partial charge in [0, 0.05) is 13.1 Å². The molecule has 1 aromatic rings. The first kappa shape index (κ1) is 14.1. The smallest absolute Gasteiger partial charge is 0.257 e. The SMILES string of the molecule is Cc1cc(C=O)c(O)c(C(=O)N2C[C@H]3CCCC[C@H]3C2)c1. The van der Waals surface area contributed by atoms with Crippen LogP contribution in [0.4, 0.5) is 0 Å². The van der Waals surface area contributed by atoms with Crippen LogP contribution in [0, 0.1) is 18.8 Å². The summed E-state index contributed by atoms with van der Waals surface area (Å²) in [5, 5.41) is 10.1. The van der Waals surface area contributed by atoms with Crippen molar-refractivity contribution in [2.75, 3.05) is 13.1 Å². The minimum absolute atomic E-state index is 0.145. The molecule has 1 amide bonds. The van der Waals surface area contributed by atoms with Crippen LogP contribution in [-0.4, -0.2) is 35.3 Å². The van der Waals surface area contributed by atoms with Crippen molar-refractivity contribution >= 4 is 12.2 Å². The lowest BCUT2D eigenvalue weighted by atomic mass is 9.82. The number of benzene rings is 1. The van der Waals surface area contributed by atoms with E-state index in [0.717, 1.165) is 18.7 Å². The number of phenolic OH excluding ortho intramolecular Hbond substituents is 1. The lowest BCUT2D eigenvalue weighted by Gasteiger charge is -2.22. The number of rotatable bonds is 2. The number of amides is 1. The maximum atomic E-state index is 12.7. The topological polar surface area (TPSA) is 57.6 Å². The Morgan fingerprint density at radius 3 is 2.43 bits per heavy atom. The highest BCUT2D eigenvalue weighted by Gasteiger charge is 2.37. The predicted octanol–water partition coefficient (Wildman–Crippen LogP) is 2.78. The Morgan fingerprint density at radius 1 is 1.24 bits per heavy atom. The molecule has 2 atom stereocenters. The second kappa shape index (κ2) is 5.51. The molecule has 1 heterocycles. The summed E-state index contributed by atoms with van der Waals surface area (Å²) in [4.78, 5) is 25.5. The van der Waals surface area contributed by atoms with Crippen LogP contribution in [-0.2, 0) is 0 Å². The molecule has 0 unspecified atom stereocenters. The van der Waals surface area contributed by atoms with Gasteiger partial charge in [0.15, 0.2) is 6.29 Å². The van der Waals surface area contributed by atoms with Crippen molar-refractivity contribution in [3.63, 3.8) is 0 Å². The summed E-state index contributed by atoms with van der Waals surface area (Å²) in [6.45, 7) is 3.40. The zero-order valence-corrected chi connectivity index (χ0v) is 12.3. The molecule has 2 aliphatic rings. The summed E-state index contributed by atoms with van der Waals surface area (Å²) in [5.41, 5.74) is 1.26. The molecule has 1 saturated heterocycles. The fourth-order valence-electron chi connectivity index (χ4n) is 3.80. The first-order valence-corrected chi connectivity index (χ1v) is 7.68. The van der Waals surface area contributed by atoms with E-state index in [-0.39, 0.29) is 22.8 Å². The minimum atomic E-state index is -0.185. The van der Waals surface area contributed by atoms with Gasteiger partial charge in [-0.25, -0.2) is 0 Å². The van der Waals surface area contributed by atoms with E-state index >= 15 is 0 Å². The number of hydrogen-bond donors (Lipinski definition) is 1. The van der Waals surface area contributed by atoms with Crippen molar-refractivity contribution < 1.29 is 14.7 Å². The van der Waals surface area contributed by atoms with Crippen LogP contribution in [0.15, 0.2) is 12.1 Å². The van der Waals surface area contributed by atoms with Crippen molar-refractivity contribution in [3.8, 4) is 5.75 Å². The third-order valence-corrected chi connectivity index (χ3v) is 4.90. The number of nitrogens with zero attached hydrogens (tertiary/aromatic N) is 1. The van der Waals surface area contributed by atoms with E-state index < -0.39 is 0 Å². The van der Waals surface area contributed by atoms with Crippen molar-refractivity contribution in [2.24, 2.45) is 11.8 Å². The summed E-state index contributed by atoms with van der Waals surface area (Å²) in [7, 11) is 0. The Labute approximate surface area is 124 Å². The molecule has 1 N–H and O–H groups in total. The lowest BCUT2D eigenvalue weighted by molar-refractivity contribution is 0.0781. The van der Waals surface area contributed by atoms with Gasteiger partial charge in [-0.05, 0) is 49.3 Å². The number of aryl methyl sites for hydroxylation is 1. The monoisotopic (exact) mass is 287 g/mol. The van der Waals surface area contributed by atoms with Crippen LogP contribution in [0.25, 0.3) is 0 Å². The van der Waals surface area contributed by atoms with Crippen molar-refractivity contribution in [2.45, 2.75) is 32.6 Å². The average Bonchev–Trinajstić information content (AvgIpc) is 2.92. The quantitative estimate of drug-likeness (QED) is 0.851. The highest BCUT2D eigenvalue weighted by molar-refractivity contribution is 6.00. The van der Waals surface area contributed by atoms with Crippen LogP contribution in [0.5, 0.6) is 5.75 Å². The van der Waals surface area contributed by atoms with E-state index in [2.05, 4.69) is 0 Å². The van der Waals surface area contributed by atoms with Crippen LogP contribution in [0.2, 0.25) is 0 Å². The molecule has 2 fully saturated rings. The summed E-state index contributed by atoms with van der Waals surface area (Å²) in [6.07, 6.45) is 5.52. The molecule has 0 radical (unpaired) electrons. The second-order valence-corrected chi connectivity index (χ2v) is 6.38. The number of phenols is 1. The van der Waals surface area contributed by atoms with Gasteiger partial charge in [-0.2, -0.15) is 0 Å². The second-order valence-electron chi connectivity index (χ2n) is 6.38. The Morgan fingerprint density at radius 2 is 1.86 bits per heavy atom. The molecule has 112 valence electrons. The highest BCUT2D eigenvalue weighted by Crippen LogP contribution is 2.37. The zero-order valence-electron chi connectivity index (χ0n) is 12.3. The summed E-state index contributed by atoms with van der Waals surface area (Å²) >= 11 is 0. The van der Waals surface area contributed by atoms with Gasteiger partial charge in [0.1, 0.15) is 5.75 Å². The summed E-state index contributed by atoms with van der Waals surface area (Å²) in [6, 6.07) is 3.27. The molecule has 1 aliphatic heterocycles. The first-order valence-electron chi connectivity index (χ1n) is 7.68. The van der Waals surface area contributed by atoms with Crippen LogP contribution in [0.1, 0.15) is 52.0 Å². The number of aromatic hydroxyl groups is 1. The number of likely N-dealkylation sites (tertiary alicyclic amines) is 1. The van der Waals surface area contributed by atoms with Crippen molar-refractivity contribution in [1.29, 1.82) is 0 Å². The molecule has 0 spiro atoms. The zero-order chi connectivity index (χ0) is 15.0. The number of carbonyl (C=O) groups excluding carboxylic acids is 2. The fraction of sp³-hybridized carbons (Fsp3) is 0.529. The van der Waals surface area contributed by atoms with Gasteiger partial charge in [0.2, 0.25) is 0 Å². The van der Waals surface area contributed by atoms with Crippen LogP contribution in [0.3, 0.4) is 0 Å². The third-order valence-electron chi connectivity index (χ3n) is 4.90. The molecule has 4 heteroatoms. The van der Waals surface area contributed by atoms with Crippen LogP contribution < -0.4 is 0 Å². The molecular weight excluding hydrogens is 266 g/mol. The van der Waals surface area contributed by atoms with Gasteiger partial charge < -0.3 is 10.0 Å². The van der Waals surface area contributed by atoms with Crippen molar-refractivity contribution in [1.82, 2.24) is 4.90 Å². The molecule has 1 aliphatic carbocycles. The van der Waals surface area contributed by atoms with E-state index in [1.54, 1.807) is 12.1 Å². The maximum Gasteiger partial charge on any atom is 0.257 e. The Hall–Kier alpha value is -1.84. The van der Waals surface area contributed by atoms with Crippen LogP contribution >= 0.6 is 0 Å². The lowest BCUT2D eigenvalue weighted by Crippen LogP contribution is -2.29. The molecule has 0 aromatic heterocycles. The molecule has 4 nitrogen and oxygen atoms in total. The number of fused-ring (bicyclic) bond motifs is 1. The van der Waals surface area contributed by atoms with Gasteiger partial charge in [0.05, 0.1) is 11.1 Å². The largest absolute Gasteiger partial charge is 0.506 e. The summed E-state index contributed by atoms with van der Waals surface area (Å²) in [5.74, 6) is 0.893. The number of aldehydes is 1. The third kappa shape index (κ3) is 2.55. The Balaban J connectivity index is 1.86. The van der Waals surface area contributed by atoms with Gasteiger partial charge in [-0.1, -0.05) is 12.8 Å². The standard InChI is InChI=1S/C17H21NO3/c1-11-6-14(10-19)16(20)15(7-11)17(21)18-8-12-4-2-3-5-13(12)9-18/h6-7,10,12-13,20H,2-5,8-9H2,1H3/t12-,13+. The minimum Gasteiger partial charge on any atom is -0.506 e. The molecule has 1 saturated carbocycles. The number of carbonyl (C=O) groups is 2. The number of hydrogen-bond acceptors (Lipinski definition) is 3. The van der Waals surface area contributed by atoms with Gasteiger partial charge in [-0.15, -0.1) is 0 Å². The van der Waals surface area contributed by atoms with E-state index in [0.29, 0.717) is 18.1 Å². The fourth-order valence-corrected chi connectivity index (χ4v) is 3.80. The normalized spacial score (nSPS) is 24.7. The maximum absolute atomic E-state index is 12.7. The van der Waals surface area contributed by atoms with Gasteiger partial charge in [-0.3, -0.25) is 9.59 Å². The summed E-state index contributed by atoms with van der Waals surface area (Å²) < 4.78 is 0. The average molecular weight is 287 g/mol. The van der Waals surface area contributed by atoms with E-state index in [4.69, 9.17) is 0 Å². The molecule has 0 bridgehead atoms. The molecule has 1 aromatic carbocycles. The Kier molecular flexibility index (Phi) is 3.70. The predicted molar refractivity (Wildman–Crippen MR) is 79.6 cm³/mol. The molecular formula is C17H21NO3. The highest BCUT2D eigenvalue weighted by atomic mass is 16.3. The van der Waals surface area contributed by atoms with Gasteiger partial charge >= 0.3 is 0 Å². The van der Waals surface area contributed by atoms with Gasteiger partial charge in [0.25, 0.3) is 5.91 Å². The molecule has 3 rings (SSSR count). The Bertz CT molecular complexity index is 568. The molecule has 21 heavy (non-hydrogen) atoms. The van der Waals surface area contributed by atoms with E-state index in [1.165, 1.54) is 25.7 Å². The van der Waals surface area contributed by atoms with E-state index in [9.17, 15) is 14.7 Å². The first-order chi connectivity index (χ1) is 10.1.